The number of piperidine rings is 1. The second-order valence-corrected chi connectivity index (χ2v) is 8.41. The van der Waals surface area contributed by atoms with Crippen LogP contribution in [0.25, 0.3) is 0 Å². The highest BCUT2D eigenvalue weighted by atomic mass is 19.1. The van der Waals surface area contributed by atoms with Crippen LogP contribution in [-0.4, -0.2) is 29.9 Å². The lowest BCUT2D eigenvalue weighted by atomic mass is 9.95. The smallest absolute Gasteiger partial charge is 0.255 e. The summed E-state index contributed by atoms with van der Waals surface area (Å²) in [5.74, 6) is -0.250. The maximum atomic E-state index is 13.8. The van der Waals surface area contributed by atoms with Gasteiger partial charge in [-0.3, -0.25) is 9.59 Å². The third kappa shape index (κ3) is 5.37. The quantitative estimate of drug-likeness (QED) is 0.582. The van der Waals surface area contributed by atoms with E-state index in [1.807, 2.05) is 32.0 Å². The SMILES string of the molecule is Cc1ccc(C)c(NC(=O)C2CCN(c3cc(C(=O)Nc4ccccc4F)ccn3)CC2)c1. The average Bonchev–Trinajstić information content (AvgIpc) is 2.83. The molecule has 1 aliphatic heterocycles. The van der Waals surface area contributed by atoms with Crippen molar-refractivity contribution >= 4 is 29.0 Å². The lowest BCUT2D eigenvalue weighted by Gasteiger charge is -2.32. The monoisotopic (exact) mass is 446 g/mol. The highest BCUT2D eigenvalue weighted by molar-refractivity contribution is 6.04. The minimum atomic E-state index is -0.485. The van der Waals surface area contributed by atoms with E-state index in [0.29, 0.717) is 37.3 Å². The summed E-state index contributed by atoms with van der Waals surface area (Å²) < 4.78 is 13.8. The zero-order valence-corrected chi connectivity index (χ0v) is 18.8. The van der Waals surface area contributed by atoms with Gasteiger partial charge in [-0.15, -0.1) is 0 Å². The third-order valence-corrected chi connectivity index (χ3v) is 5.97. The van der Waals surface area contributed by atoms with E-state index in [4.69, 9.17) is 0 Å². The number of hydrogen-bond donors (Lipinski definition) is 2. The molecule has 2 N–H and O–H groups in total. The van der Waals surface area contributed by atoms with Crippen molar-refractivity contribution in [1.29, 1.82) is 0 Å². The van der Waals surface area contributed by atoms with Crippen molar-refractivity contribution in [1.82, 2.24) is 4.98 Å². The fourth-order valence-electron chi connectivity index (χ4n) is 3.97. The molecule has 0 radical (unpaired) electrons. The number of anilines is 3. The summed E-state index contributed by atoms with van der Waals surface area (Å²) in [5, 5.41) is 5.67. The van der Waals surface area contributed by atoms with Crippen molar-refractivity contribution in [2.75, 3.05) is 28.6 Å². The Kier molecular flexibility index (Phi) is 6.68. The molecule has 1 fully saturated rings. The number of aromatic nitrogens is 1. The van der Waals surface area contributed by atoms with Crippen molar-refractivity contribution in [2.24, 2.45) is 5.92 Å². The third-order valence-electron chi connectivity index (χ3n) is 5.97. The molecule has 2 amide bonds. The van der Waals surface area contributed by atoms with Crippen molar-refractivity contribution in [3.63, 3.8) is 0 Å². The Morgan fingerprint density at radius 1 is 0.970 bits per heavy atom. The van der Waals surface area contributed by atoms with Gasteiger partial charge in [0.25, 0.3) is 5.91 Å². The fourth-order valence-corrected chi connectivity index (χ4v) is 3.97. The predicted octanol–water partition coefficient (Wildman–Crippen LogP) is 4.94. The molecule has 33 heavy (non-hydrogen) atoms. The normalized spacial score (nSPS) is 14.1. The van der Waals surface area contributed by atoms with Crippen LogP contribution in [0.15, 0.2) is 60.8 Å². The number of para-hydroxylation sites is 1. The molecule has 170 valence electrons. The summed E-state index contributed by atoms with van der Waals surface area (Å²) in [6.07, 6.45) is 2.97. The van der Waals surface area contributed by atoms with Gasteiger partial charge < -0.3 is 15.5 Å². The van der Waals surface area contributed by atoms with E-state index >= 15 is 0 Å². The number of rotatable bonds is 5. The summed E-state index contributed by atoms with van der Waals surface area (Å²) >= 11 is 0. The van der Waals surface area contributed by atoms with Crippen LogP contribution in [0.4, 0.5) is 21.6 Å². The molecule has 7 heteroatoms. The summed E-state index contributed by atoms with van der Waals surface area (Å²) in [6.45, 7) is 5.32. The minimum absolute atomic E-state index is 0.0364. The maximum Gasteiger partial charge on any atom is 0.255 e. The number of benzene rings is 2. The molecular weight excluding hydrogens is 419 g/mol. The Labute approximate surface area is 192 Å². The summed E-state index contributed by atoms with van der Waals surface area (Å²) in [4.78, 5) is 31.9. The lowest BCUT2D eigenvalue weighted by Crippen LogP contribution is -2.38. The van der Waals surface area contributed by atoms with Gasteiger partial charge in [0.1, 0.15) is 11.6 Å². The standard InChI is InChI=1S/C26H27FN4O2/c1-17-7-8-18(2)23(15-17)30-25(32)19-10-13-31(14-11-19)24-16-20(9-12-28-24)26(33)29-22-6-4-3-5-21(22)27/h3-9,12,15-16,19H,10-11,13-14H2,1-2H3,(H,29,33)(H,30,32). The number of aryl methyl sites for hydroxylation is 2. The second-order valence-electron chi connectivity index (χ2n) is 8.41. The van der Waals surface area contributed by atoms with Gasteiger partial charge in [0.15, 0.2) is 0 Å². The Bertz CT molecular complexity index is 1170. The first kappa shape index (κ1) is 22.5. The molecule has 6 nitrogen and oxygen atoms in total. The maximum absolute atomic E-state index is 13.8. The molecule has 1 saturated heterocycles. The Hall–Kier alpha value is -3.74. The summed E-state index contributed by atoms with van der Waals surface area (Å²) in [7, 11) is 0. The first-order chi connectivity index (χ1) is 15.9. The number of carbonyl (C=O) groups excluding carboxylic acids is 2. The average molecular weight is 447 g/mol. The van der Waals surface area contributed by atoms with Crippen molar-refractivity contribution in [3.05, 3.63) is 83.3 Å². The van der Waals surface area contributed by atoms with E-state index in [1.165, 1.54) is 12.1 Å². The molecule has 0 aliphatic carbocycles. The van der Waals surface area contributed by atoms with E-state index in [0.717, 1.165) is 16.8 Å². The molecule has 0 unspecified atom stereocenters. The van der Waals surface area contributed by atoms with Gasteiger partial charge in [0, 0.05) is 36.5 Å². The number of nitrogens with one attached hydrogen (secondary N) is 2. The molecule has 2 aromatic carbocycles. The number of halogens is 1. The van der Waals surface area contributed by atoms with Gasteiger partial charge in [-0.25, -0.2) is 9.37 Å². The van der Waals surface area contributed by atoms with Crippen LogP contribution in [0, 0.1) is 25.6 Å². The van der Waals surface area contributed by atoms with E-state index in [2.05, 4.69) is 20.5 Å². The van der Waals surface area contributed by atoms with Crippen LogP contribution < -0.4 is 15.5 Å². The van der Waals surface area contributed by atoms with Crippen molar-refractivity contribution < 1.29 is 14.0 Å². The van der Waals surface area contributed by atoms with E-state index in [9.17, 15) is 14.0 Å². The molecule has 3 aromatic rings. The molecule has 0 atom stereocenters. The number of amides is 2. The zero-order valence-electron chi connectivity index (χ0n) is 18.8. The first-order valence-corrected chi connectivity index (χ1v) is 11.1. The fraction of sp³-hybridized carbons (Fsp3) is 0.269. The number of nitrogens with zero attached hydrogens (tertiary/aromatic N) is 2. The molecule has 1 aliphatic rings. The summed E-state index contributed by atoms with van der Waals surface area (Å²) in [6, 6.07) is 15.4. The van der Waals surface area contributed by atoms with E-state index in [1.54, 1.807) is 30.5 Å². The summed E-state index contributed by atoms with van der Waals surface area (Å²) in [5.41, 5.74) is 3.55. The zero-order chi connectivity index (χ0) is 23.4. The Morgan fingerprint density at radius 2 is 1.73 bits per heavy atom. The van der Waals surface area contributed by atoms with Gasteiger partial charge in [0.05, 0.1) is 5.69 Å². The van der Waals surface area contributed by atoms with Gasteiger partial charge in [-0.1, -0.05) is 24.3 Å². The number of carbonyl (C=O) groups is 2. The van der Waals surface area contributed by atoms with Crippen LogP contribution in [0.5, 0.6) is 0 Å². The van der Waals surface area contributed by atoms with Crippen molar-refractivity contribution in [3.8, 4) is 0 Å². The van der Waals surface area contributed by atoms with Crippen molar-refractivity contribution in [2.45, 2.75) is 26.7 Å². The van der Waals surface area contributed by atoms with Gasteiger partial charge >= 0.3 is 0 Å². The Balaban J connectivity index is 1.37. The highest BCUT2D eigenvalue weighted by Gasteiger charge is 2.26. The van der Waals surface area contributed by atoms with Crippen LogP contribution in [0.2, 0.25) is 0 Å². The first-order valence-electron chi connectivity index (χ1n) is 11.1. The van der Waals surface area contributed by atoms with Crippen LogP contribution in [-0.2, 0) is 4.79 Å². The molecule has 0 spiro atoms. The van der Waals surface area contributed by atoms with Crippen LogP contribution in [0.3, 0.4) is 0 Å². The van der Waals surface area contributed by atoms with E-state index in [-0.39, 0.29) is 17.5 Å². The molecule has 0 saturated carbocycles. The topological polar surface area (TPSA) is 74.3 Å². The highest BCUT2D eigenvalue weighted by Crippen LogP contribution is 2.25. The number of pyridine rings is 1. The molecule has 0 bridgehead atoms. The molecule has 1 aromatic heterocycles. The largest absolute Gasteiger partial charge is 0.357 e. The van der Waals surface area contributed by atoms with Gasteiger partial charge in [-0.05, 0) is 68.1 Å². The number of hydrogen-bond acceptors (Lipinski definition) is 4. The molecule has 2 heterocycles. The predicted molar refractivity (Wildman–Crippen MR) is 128 cm³/mol. The van der Waals surface area contributed by atoms with Crippen LogP contribution in [0.1, 0.15) is 34.3 Å². The Morgan fingerprint density at radius 3 is 2.48 bits per heavy atom. The second kappa shape index (κ2) is 9.81. The minimum Gasteiger partial charge on any atom is -0.357 e. The van der Waals surface area contributed by atoms with Gasteiger partial charge in [0.2, 0.25) is 5.91 Å². The van der Waals surface area contributed by atoms with Crippen LogP contribution >= 0.6 is 0 Å². The van der Waals surface area contributed by atoms with Gasteiger partial charge in [-0.2, -0.15) is 0 Å². The van der Waals surface area contributed by atoms with E-state index < -0.39 is 11.7 Å². The molecule has 4 rings (SSSR count). The molecular formula is C26H27FN4O2. The lowest BCUT2D eigenvalue weighted by molar-refractivity contribution is -0.120.